The first-order valence-corrected chi connectivity index (χ1v) is 15.0. The Kier molecular flexibility index (Phi) is 6.22. The molecule has 0 amide bonds. The molecule has 4 aliphatic carbocycles. The van der Waals surface area contributed by atoms with Crippen molar-refractivity contribution in [2.24, 2.45) is 16.0 Å². The van der Waals surface area contributed by atoms with Crippen LogP contribution in [0.25, 0.3) is 11.1 Å². The van der Waals surface area contributed by atoms with Crippen molar-refractivity contribution in [2.75, 3.05) is 26.8 Å². The van der Waals surface area contributed by atoms with Crippen molar-refractivity contribution in [3.05, 3.63) is 53.3 Å². The second kappa shape index (κ2) is 9.57. The highest BCUT2D eigenvalue weighted by molar-refractivity contribution is 5.93. The molecule has 2 aliphatic heterocycles. The Morgan fingerprint density at radius 3 is 2.40 bits per heavy atom. The molecular formula is C33H39FN2O4. The number of esters is 1. The molecule has 1 spiro atoms. The summed E-state index contributed by atoms with van der Waals surface area (Å²) in [6.45, 7) is 5.18. The van der Waals surface area contributed by atoms with E-state index in [1.54, 1.807) is 0 Å². The predicted molar refractivity (Wildman–Crippen MR) is 151 cm³/mol. The van der Waals surface area contributed by atoms with Crippen LogP contribution in [0.4, 0.5) is 4.39 Å². The second-order valence-electron chi connectivity index (χ2n) is 13.0. The number of carbonyl (C=O) groups excluding carboxylic acids is 1. The summed E-state index contributed by atoms with van der Waals surface area (Å²) in [7, 11) is 1.51. The average molecular weight is 547 g/mol. The molecule has 40 heavy (non-hydrogen) atoms. The Labute approximate surface area is 235 Å². The highest BCUT2D eigenvalue weighted by atomic mass is 19.1. The molecule has 0 radical (unpaired) electrons. The lowest BCUT2D eigenvalue weighted by molar-refractivity contribution is -0.160. The molecule has 6 aliphatic rings. The number of rotatable bonds is 8. The molecule has 2 bridgehead atoms. The zero-order chi connectivity index (χ0) is 27.5. The Balaban J connectivity index is 1.03. The molecule has 4 saturated carbocycles. The first kappa shape index (κ1) is 26.0. The number of fused-ring (bicyclic) bond motifs is 3. The van der Waals surface area contributed by atoms with Crippen LogP contribution in [0.5, 0.6) is 5.75 Å². The Bertz CT molecular complexity index is 1320. The summed E-state index contributed by atoms with van der Waals surface area (Å²) in [6, 6.07) is 11.3. The van der Waals surface area contributed by atoms with E-state index in [9.17, 15) is 9.18 Å². The second-order valence-corrected chi connectivity index (χ2v) is 13.0. The molecule has 0 N–H and O–H groups in total. The van der Waals surface area contributed by atoms with Gasteiger partial charge in [0.25, 0.3) is 0 Å². The van der Waals surface area contributed by atoms with Crippen LogP contribution in [0.3, 0.4) is 0 Å². The van der Waals surface area contributed by atoms with Crippen LogP contribution in [0.15, 0.2) is 41.6 Å². The minimum atomic E-state index is -0.270. The number of halogens is 1. The van der Waals surface area contributed by atoms with Crippen molar-refractivity contribution in [2.45, 2.75) is 82.8 Å². The van der Waals surface area contributed by atoms with Gasteiger partial charge in [-0.15, -0.1) is 0 Å². The van der Waals surface area contributed by atoms with E-state index in [-0.39, 0.29) is 28.2 Å². The maximum atomic E-state index is 13.7. The number of benzene rings is 2. The quantitative estimate of drug-likeness (QED) is 0.349. The monoisotopic (exact) mass is 546 g/mol. The summed E-state index contributed by atoms with van der Waals surface area (Å²) in [5.74, 6) is 1.18. The Morgan fingerprint density at radius 1 is 1.07 bits per heavy atom. The van der Waals surface area contributed by atoms with E-state index < -0.39 is 0 Å². The Morgan fingerprint density at radius 2 is 1.77 bits per heavy atom. The van der Waals surface area contributed by atoms with Crippen LogP contribution in [0.2, 0.25) is 0 Å². The molecular weight excluding hydrogens is 507 g/mol. The topological polar surface area (TPSA) is 60.4 Å². The molecule has 0 unspecified atom stereocenters. The fraction of sp³-hybridized carbons (Fsp3) is 0.576. The third-order valence-corrected chi connectivity index (χ3v) is 10.4. The lowest BCUT2D eigenvalue weighted by Gasteiger charge is -2.52. The lowest BCUT2D eigenvalue weighted by Crippen LogP contribution is -2.61. The predicted octanol–water partition coefficient (Wildman–Crippen LogP) is 6.61. The van der Waals surface area contributed by atoms with Crippen LogP contribution >= 0.6 is 0 Å². The van der Waals surface area contributed by atoms with Gasteiger partial charge in [-0.25, -0.2) is 4.39 Å². The molecule has 2 aromatic rings. The number of hydrogen-bond acceptors (Lipinski definition) is 6. The van der Waals surface area contributed by atoms with Crippen molar-refractivity contribution in [1.29, 1.82) is 0 Å². The van der Waals surface area contributed by atoms with Gasteiger partial charge in [0.05, 0.1) is 24.8 Å². The molecule has 2 aromatic carbocycles. The standard InChI is InChI=1S/C33H39FN2O4/c1-3-39-27-17-22(16-26(23-4-5-23)29(27)24-6-8-25(34)9-7-24)19-36-20-33(21-36)18-28(35-40-33)31-10-13-32(14-11-31,15-12-31)30(37)38-2/h6-9,16-17,23H,3-5,10-15,18-21H2,1-2H3. The maximum Gasteiger partial charge on any atom is 0.311 e. The minimum absolute atomic E-state index is 0.0282. The van der Waals surface area contributed by atoms with Gasteiger partial charge in [0.1, 0.15) is 11.6 Å². The van der Waals surface area contributed by atoms with Crippen molar-refractivity contribution in [1.82, 2.24) is 4.90 Å². The van der Waals surface area contributed by atoms with Crippen LogP contribution < -0.4 is 4.74 Å². The first-order chi connectivity index (χ1) is 19.4. The summed E-state index contributed by atoms with van der Waals surface area (Å²) in [5, 5.41) is 4.69. The highest BCUT2D eigenvalue weighted by Gasteiger charge is 2.59. The normalized spacial score (nSPS) is 28.6. The summed E-state index contributed by atoms with van der Waals surface area (Å²) >= 11 is 0. The maximum absolute atomic E-state index is 13.7. The van der Waals surface area contributed by atoms with E-state index in [1.165, 1.54) is 48.9 Å². The number of nitrogens with zero attached hydrogens (tertiary/aromatic N) is 2. The summed E-state index contributed by atoms with van der Waals surface area (Å²) in [4.78, 5) is 21.0. The van der Waals surface area contributed by atoms with Gasteiger partial charge in [0.15, 0.2) is 5.60 Å². The van der Waals surface area contributed by atoms with E-state index in [0.29, 0.717) is 12.5 Å². The molecule has 0 atom stereocenters. The molecule has 212 valence electrons. The van der Waals surface area contributed by atoms with Gasteiger partial charge in [0, 0.05) is 37.0 Å². The Hall–Kier alpha value is -2.93. The van der Waals surface area contributed by atoms with E-state index in [2.05, 4.69) is 17.0 Å². The SMILES string of the molecule is CCOc1cc(CN2CC3(CC(C45CCC(C(=O)OC)(CC4)CC5)=NO3)C2)cc(C2CC2)c1-c1ccc(F)cc1. The highest BCUT2D eigenvalue weighted by Crippen LogP contribution is 2.59. The van der Waals surface area contributed by atoms with Crippen molar-refractivity contribution < 1.29 is 23.5 Å². The minimum Gasteiger partial charge on any atom is -0.493 e. The van der Waals surface area contributed by atoms with E-state index in [0.717, 1.165) is 81.5 Å². The number of likely N-dealkylation sites (tertiary alicyclic amines) is 1. The zero-order valence-electron chi connectivity index (χ0n) is 23.6. The number of oxime groups is 1. The van der Waals surface area contributed by atoms with Gasteiger partial charge < -0.3 is 14.3 Å². The van der Waals surface area contributed by atoms with Gasteiger partial charge in [-0.3, -0.25) is 9.69 Å². The molecule has 5 fully saturated rings. The number of ether oxygens (including phenoxy) is 2. The van der Waals surface area contributed by atoms with Crippen molar-refractivity contribution in [3.63, 3.8) is 0 Å². The third kappa shape index (κ3) is 4.32. The van der Waals surface area contributed by atoms with E-state index in [1.807, 2.05) is 19.1 Å². The summed E-state index contributed by atoms with van der Waals surface area (Å²) in [5.41, 5.74) is 5.54. The molecule has 7 heteroatoms. The van der Waals surface area contributed by atoms with Crippen molar-refractivity contribution >= 4 is 11.7 Å². The van der Waals surface area contributed by atoms with Gasteiger partial charge in [-0.1, -0.05) is 23.4 Å². The molecule has 1 saturated heterocycles. The number of carbonyl (C=O) groups is 1. The lowest BCUT2D eigenvalue weighted by atomic mass is 9.51. The van der Waals surface area contributed by atoms with Gasteiger partial charge >= 0.3 is 5.97 Å². The summed E-state index contributed by atoms with van der Waals surface area (Å²) in [6.07, 6.45) is 9.00. The summed E-state index contributed by atoms with van der Waals surface area (Å²) < 4.78 is 25.0. The first-order valence-electron chi connectivity index (χ1n) is 15.0. The van der Waals surface area contributed by atoms with Crippen LogP contribution in [0.1, 0.15) is 81.8 Å². The van der Waals surface area contributed by atoms with Crippen LogP contribution in [0, 0.1) is 16.6 Å². The van der Waals surface area contributed by atoms with Crippen LogP contribution in [-0.4, -0.2) is 49.0 Å². The van der Waals surface area contributed by atoms with Gasteiger partial charge in [0.2, 0.25) is 0 Å². The van der Waals surface area contributed by atoms with E-state index in [4.69, 9.17) is 19.5 Å². The third-order valence-electron chi connectivity index (χ3n) is 10.4. The van der Waals surface area contributed by atoms with E-state index >= 15 is 0 Å². The molecule has 6 nitrogen and oxygen atoms in total. The molecule has 8 rings (SSSR count). The molecule has 0 aromatic heterocycles. The van der Waals surface area contributed by atoms with Gasteiger partial charge in [-0.05, 0) is 99.1 Å². The number of methoxy groups -OCH3 is 1. The van der Waals surface area contributed by atoms with Crippen molar-refractivity contribution in [3.8, 4) is 16.9 Å². The smallest absolute Gasteiger partial charge is 0.311 e. The number of hydrogen-bond donors (Lipinski definition) is 0. The van der Waals surface area contributed by atoms with Crippen LogP contribution in [-0.2, 0) is 20.9 Å². The fourth-order valence-electron chi connectivity index (χ4n) is 7.95. The average Bonchev–Trinajstić information content (AvgIpc) is 3.71. The zero-order valence-corrected chi connectivity index (χ0v) is 23.6. The fourth-order valence-corrected chi connectivity index (χ4v) is 7.95. The largest absolute Gasteiger partial charge is 0.493 e. The molecule has 2 heterocycles. The van der Waals surface area contributed by atoms with Gasteiger partial charge in [-0.2, -0.15) is 0 Å².